The van der Waals surface area contributed by atoms with Crippen LogP contribution in [0.15, 0.2) is 48.5 Å². The Morgan fingerprint density at radius 1 is 0.850 bits per heavy atom. The van der Waals surface area contributed by atoms with Crippen LogP contribution in [0.1, 0.15) is 20.7 Å². The van der Waals surface area contributed by atoms with Crippen LogP contribution >= 0.6 is 0 Å². The molecule has 0 heterocycles. The van der Waals surface area contributed by atoms with Crippen molar-refractivity contribution in [3.05, 3.63) is 59.7 Å². The first-order valence-electron chi connectivity index (χ1n) is 5.39. The summed E-state index contributed by atoms with van der Waals surface area (Å²) in [4.78, 5) is 21.2. The van der Waals surface area contributed by atoms with Gasteiger partial charge in [-0.3, -0.25) is 0 Å². The number of hydrogen-bond acceptors (Lipinski definition) is 4. The van der Waals surface area contributed by atoms with Crippen LogP contribution in [0.2, 0.25) is 0 Å². The van der Waals surface area contributed by atoms with E-state index in [4.69, 9.17) is 9.84 Å². The second-order valence-corrected chi connectivity index (χ2v) is 3.74. The van der Waals surface area contributed by atoms with Gasteiger partial charge in [-0.05, 0) is 54.1 Å². The first kappa shape index (κ1) is 15.2. The maximum atomic E-state index is 10.7. The quantitative estimate of drug-likeness (QED) is 0.882. The van der Waals surface area contributed by atoms with Crippen molar-refractivity contribution in [2.45, 2.75) is 0 Å². The van der Waals surface area contributed by atoms with E-state index in [-0.39, 0.29) is 17.3 Å². The van der Waals surface area contributed by atoms with Gasteiger partial charge in [-0.2, -0.15) is 0 Å². The van der Waals surface area contributed by atoms with E-state index in [2.05, 4.69) is 0 Å². The van der Waals surface area contributed by atoms with E-state index in [1.807, 2.05) is 0 Å². The summed E-state index contributed by atoms with van der Waals surface area (Å²) in [6.45, 7) is 0. The lowest BCUT2D eigenvalue weighted by Gasteiger charge is -2.07. The second-order valence-electron chi connectivity index (χ2n) is 3.74. The number of carboxylic acids is 2. The Bertz CT molecular complexity index is 549. The molecular weight excluding hydrogens is 262 g/mol. The maximum Gasteiger partial charge on any atom is 0.335 e. The van der Waals surface area contributed by atoms with Gasteiger partial charge in [0.15, 0.2) is 0 Å². The highest BCUT2D eigenvalue weighted by Gasteiger charge is 2.03. The van der Waals surface area contributed by atoms with Crippen LogP contribution in [-0.4, -0.2) is 17.0 Å². The van der Waals surface area contributed by atoms with Crippen LogP contribution < -0.4 is 16.0 Å². The van der Waals surface area contributed by atoms with Crippen molar-refractivity contribution in [1.29, 1.82) is 0 Å². The number of aromatic carboxylic acids is 2. The molecule has 0 aliphatic carbocycles. The van der Waals surface area contributed by atoms with Crippen molar-refractivity contribution >= 4 is 11.9 Å². The molecule has 0 bridgehead atoms. The van der Waals surface area contributed by atoms with Gasteiger partial charge in [0.2, 0.25) is 0 Å². The second kappa shape index (κ2) is 6.35. The number of carboxylic acid groups (broad SMARTS) is 2. The van der Waals surface area contributed by atoms with Crippen LogP contribution in [0.25, 0.3) is 0 Å². The summed E-state index contributed by atoms with van der Waals surface area (Å²) in [5.41, 5.74) is 0.230. The molecule has 0 aliphatic heterocycles. The van der Waals surface area contributed by atoms with Gasteiger partial charge in [0.1, 0.15) is 11.5 Å². The van der Waals surface area contributed by atoms with Crippen molar-refractivity contribution in [3.8, 4) is 11.5 Å². The minimum Gasteiger partial charge on any atom is -0.545 e. The van der Waals surface area contributed by atoms with E-state index in [9.17, 15) is 14.7 Å². The minimum absolute atomic E-state index is 0. The summed E-state index contributed by atoms with van der Waals surface area (Å²) in [5, 5.41) is 19.3. The predicted octanol–water partition coefficient (Wildman–Crippen LogP) is 1.92. The van der Waals surface area contributed by atoms with Crippen molar-refractivity contribution in [1.82, 2.24) is 6.15 Å². The molecule has 0 fully saturated rings. The van der Waals surface area contributed by atoms with Crippen LogP contribution in [0.5, 0.6) is 11.5 Å². The summed E-state index contributed by atoms with van der Waals surface area (Å²) < 4.78 is 5.44. The summed E-state index contributed by atoms with van der Waals surface area (Å²) in [7, 11) is 0. The zero-order valence-electron chi connectivity index (χ0n) is 10.7. The average molecular weight is 275 g/mol. The van der Waals surface area contributed by atoms with E-state index in [0.29, 0.717) is 11.5 Å². The molecule has 0 amide bonds. The minimum atomic E-state index is -1.25. The Balaban J connectivity index is 0.00000200. The molecule has 0 radical (unpaired) electrons. The van der Waals surface area contributed by atoms with Crippen molar-refractivity contribution in [2.75, 3.05) is 0 Å². The van der Waals surface area contributed by atoms with Crippen molar-refractivity contribution in [2.24, 2.45) is 0 Å². The fourth-order valence-electron chi connectivity index (χ4n) is 1.46. The third-order valence-electron chi connectivity index (χ3n) is 2.43. The molecule has 0 unspecified atom stereocenters. The Kier molecular flexibility index (Phi) is 4.82. The molecule has 0 aromatic heterocycles. The van der Waals surface area contributed by atoms with Crippen LogP contribution in [0.3, 0.4) is 0 Å². The maximum absolute atomic E-state index is 10.7. The first-order chi connectivity index (χ1) is 9.06. The van der Waals surface area contributed by atoms with Gasteiger partial charge in [0.25, 0.3) is 0 Å². The number of ether oxygens (including phenoxy) is 1. The number of hydrogen-bond donors (Lipinski definition) is 2. The van der Waals surface area contributed by atoms with E-state index in [1.165, 1.54) is 48.5 Å². The Morgan fingerprint density at radius 2 is 1.25 bits per heavy atom. The number of rotatable bonds is 4. The molecule has 0 atom stereocenters. The third-order valence-corrected chi connectivity index (χ3v) is 2.43. The van der Waals surface area contributed by atoms with Crippen molar-refractivity contribution < 1.29 is 24.5 Å². The Labute approximate surface area is 114 Å². The Morgan fingerprint density at radius 3 is 1.60 bits per heavy atom. The van der Waals surface area contributed by atoms with Gasteiger partial charge >= 0.3 is 5.97 Å². The molecule has 0 spiro atoms. The summed E-state index contributed by atoms with van der Waals surface area (Å²) >= 11 is 0. The van der Waals surface area contributed by atoms with Crippen molar-refractivity contribution in [3.63, 3.8) is 0 Å². The molecule has 2 rings (SSSR count). The summed E-state index contributed by atoms with van der Waals surface area (Å²) in [6, 6.07) is 11.6. The van der Waals surface area contributed by atoms with Crippen LogP contribution in [-0.2, 0) is 0 Å². The van der Waals surface area contributed by atoms with Gasteiger partial charge in [0.05, 0.1) is 11.5 Å². The predicted molar refractivity (Wildman–Crippen MR) is 70.2 cm³/mol. The number of benzene rings is 2. The molecular formula is C14H13NO5. The Hall–Kier alpha value is -2.86. The summed E-state index contributed by atoms with van der Waals surface area (Å²) in [6.07, 6.45) is 0. The average Bonchev–Trinajstić information content (AvgIpc) is 2.40. The SMILES string of the molecule is O=C([O-])c1ccc(Oc2ccc(C(=O)O)cc2)cc1.[NH4+]. The molecule has 0 saturated carbocycles. The number of carbonyl (C=O) groups is 2. The van der Waals surface area contributed by atoms with Crippen LogP contribution in [0.4, 0.5) is 0 Å². The van der Waals surface area contributed by atoms with Gasteiger partial charge in [-0.15, -0.1) is 0 Å². The molecule has 0 aliphatic rings. The van der Waals surface area contributed by atoms with Gasteiger partial charge in [-0.1, -0.05) is 0 Å². The lowest BCUT2D eigenvalue weighted by Crippen LogP contribution is -2.21. The van der Waals surface area contributed by atoms with Crippen LogP contribution in [0, 0.1) is 0 Å². The van der Waals surface area contributed by atoms with E-state index in [0.717, 1.165) is 0 Å². The molecule has 104 valence electrons. The van der Waals surface area contributed by atoms with E-state index in [1.54, 1.807) is 0 Å². The molecule has 2 aromatic carbocycles. The highest BCUT2D eigenvalue weighted by atomic mass is 16.5. The normalized spacial score (nSPS) is 9.40. The largest absolute Gasteiger partial charge is 0.545 e. The van der Waals surface area contributed by atoms with E-state index < -0.39 is 11.9 Å². The van der Waals surface area contributed by atoms with E-state index >= 15 is 0 Å². The molecule has 6 heteroatoms. The zero-order valence-corrected chi connectivity index (χ0v) is 10.7. The zero-order chi connectivity index (χ0) is 13.8. The van der Waals surface area contributed by atoms with Gasteiger partial charge in [-0.25, -0.2) is 4.79 Å². The van der Waals surface area contributed by atoms with Gasteiger partial charge < -0.3 is 25.9 Å². The molecule has 6 nitrogen and oxygen atoms in total. The highest BCUT2D eigenvalue weighted by Crippen LogP contribution is 2.22. The topological polar surface area (TPSA) is 123 Å². The lowest BCUT2D eigenvalue weighted by atomic mass is 10.2. The molecule has 20 heavy (non-hydrogen) atoms. The molecule has 5 N–H and O–H groups in total. The molecule has 0 saturated heterocycles. The lowest BCUT2D eigenvalue weighted by molar-refractivity contribution is -0.255. The molecule has 2 aromatic rings. The van der Waals surface area contributed by atoms with Gasteiger partial charge in [0, 0.05) is 0 Å². The highest BCUT2D eigenvalue weighted by molar-refractivity contribution is 5.87. The fraction of sp³-hybridized carbons (Fsp3) is 0. The standard InChI is InChI=1S/C14H10O5.H3N/c15-13(16)9-1-5-11(6-2-9)19-12-7-3-10(4-8-12)14(17)18;/h1-8H,(H,15,16)(H,17,18);1H3. The first-order valence-corrected chi connectivity index (χ1v) is 5.39. The smallest absolute Gasteiger partial charge is 0.335 e. The monoisotopic (exact) mass is 275 g/mol. The third kappa shape index (κ3) is 3.56. The number of quaternary nitrogens is 1. The number of carbonyl (C=O) groups excluding carboxylic acids is 1. The fourth-order valence-corrected chi connectivity index (χ4v) is 1.46. The summed E-state index contributed by atoms with van der Waals surface area (Å²) in [5.74, 6) is -1.35.